The van der Waals surface area contributed by atoms with E-state index in [-0.39, 0.29) is 0 Å². The van der Waals surface area contributed by atoms with Crippen LogP contribution in [0.15, 0.2) is 0 Å². The van der Waals surface area contributed by atoms with Crippen molar-refractivity contribution in [3.63, 3.8) is 0 Å². The van der Waals surface area contributed by atoms with Crippen LogP contribution in [0, 0.1) is 16.7 Å². The maximum absolute atomic E-state index is 10.5. The molecule has 1 saturated carbocycles. The Morgan fingerprint density at radius 1 is 1.15 bits per heavy atom. The van der Waals surface area contributed by atoms with Crippen LogP contribution in [0.5, 0.6) is 0 Å². The van der Waals surface area contributed by atoms with Crippen LogP contribution in [0.2, 0.25) is 0 Å². The molecular formula is C12H22O. The maximum Gasteiger partial charge on any atom is 0.120 e. The number of aldehydes is 1. The van der Waals surface area contributed by atoms with Gasteiger partial charge < -0.3 is 4.79 Å². The summed E-state index contributed by atoms with van der Waals surface area (Å²) < 4.78 is 0. The van der Waals surface area contributed by atoms with E-state index < -0.39 is 0 Å². The largest absolute Gasteiger partial charge is 0.303 e. The van der Waals surface area contributed by atoms with Crippen LogP contribution in [-0.2, 0) is 4.79 Å². The molecule has 0 N–H and O–H groups in total. The van der Waals surface area contributed by atoms with Gasteiger partial charge >= 0.3 is 0 Å². The molecule has 1 rings (SSSR count). The quantitative estimate of drug-likeness (QED) is 0.598. The van der Waals surface area contributed by atoms with Gasteiger partial charge in [0.15, 0.2) is 0 Å². The summed E-state index contributed by atoms with van der Waals surface area (Å²) in [5, 5.41) is 0. The van der Waals surface area contributed by atoms with E-state index in [0.29, 0.717) is 16.7 Å². The summed E-state index contributed by atoms with van der Waals surface area (Å²) in [5.41, 5.74) is 0.852. The molecule has 76 valence electrons. The maximum atomic E-state index is 10.5. The van der Waals surface area contributed by atoms with Crippen LogP contribution in [0.3, 0.4) is 0 Å². The normalized spacial score (nSPS) is 27.1. The fourth-order valence-corrected chi connectivity index (χ4v) is 3.38. The summed E-state index contributed by atoms with van der Waals surface area (Å²) in [4.78, 5) is 10.5. The van der Waals surface area contributed by atoms with Crippen molar-refractivity contribution < 1.29 is 4.79 Å². The van der Waals surface area contributed by atoms with Gasteiger partial charge in [-0.2, -0.15) is 0 Å². The zero-order valence-electron chi connectivity index (χ0n) is 9.39. The van der Waals surface area contributed by atoms with Crippen molar-refractivity contribution in [3.05, 3.63) is 0 Å². The minimum atomic E-state index is 0.426. The highest BCUT2D eigenvalue weighted by atomic mass is 16.1. The van der Waals surface area contributed by atoms with E-state index >= 15 is 0 Å². The third-order valence-electron chi connectivity index (χ3n) is 3.07. The molecule has 0 heterocycles. The highest BCUT2D eigenvalue weighted by Gasteiger charge is 2.37. The molecule has 0 bridgehead atoms. The van der Waals surface area contributed by atoms with Crippen LogP contribution < -0.4 is 0 Å². The van der Waals surface area contributed by atoms with Gasteiger partial charge in [0.25, 0.3) is 0 Å². The fraction of sp³-hybridized carbons (Fsp3) is 0.917. The lowest BCUT2D eigenvalue weighted by Crippen LogP contribution is -2.33. The van der Waals surface area contributed by atoms with Crippen LogP contribution in [-0.4, -0.2) is 6.29 Å². The summed E-state index contributed by atoms with van der Waals surface area (Å²) in [6, 6.07) is 0. The molecule has 0 aromatic carbocycles. The van der Waals surface area contributed by atoms with Crippen LogP contribution >= 0.6 is 0 Å². The minimum absolute atomic E-state index is 0.426. The second-order valence-corrected chi connectivity index (χ2v) is 6.18. The molecular weight excluding hydrogens is 160 g/mol. The van der Waals surface area contributed by atoms with E-state index in [1.165, 1.54) is 19.3 Å². The molecule has 0 radical (unpaired) electrons. The van der Waals surface area contributed by atoms with Crippen LogP contribution in [0.4, 0.5) is 0 Å². The predicted molar refractivity (Wildman–Crippen MR) is 55.6 cm³/mol. The molecule has 13 heavy (non-hydrogen) atoms. The lowest BCUT2D eigenvalue weighted by atomic mass is 9.61. The zero-order valence-corrected chi connectivity index (χ0v) is 9.39. The second-order valence-electron chi connectivity index (χ2n) is 6.18. The molecule has 0 aromatic heterocycles. The van der Waals surface area contributed by atoms with Gasteiger partial charge in [-0.15, -0.1) is 0 Å². The van der Waals surface area contributed by atoms with Crippen molar-refractivity contribution in [2.75, 3.05) is 0 Å². The Morgan fingerprint density at radius 2 is 1.62 bits per heavy atom. The molecule has 0 saturated heterocycles. The highest BCUT2D eigenvalue weighted by Crippen LogP contribution is 2.48. The van der Waals surface area contributed by atoms with Gasteiger partial charge in [0.1, 0.15) is 6.29 Å². The number of rotatable bonds is 2. The van der Waals surface area contributed by atoms with Gasteiger partial charge in [0, 0.05) is 6.42 Å². The van der Waals surface area contributed by atoms with Crippen LogP contribution in [0.25, 0.3) is 0 Å². The molecule has 0 spiro atoms. The molecule has 1 nitrogen and oxygen atoms in total. The van der Waals surface area contributed by atoms with Crippen molar-refractivity contribution in [2.24, 2.45) is 16.7 Å². The highest BCUT2D eigenvalue weighted by molar-refractivity contribution is 5.49. The van der Waals surface area contributed by atoms with Gasteiger partial charge in [-0.3, -0.25) is 0 Å². The third kappa shape index (κ3) is 3.13. The van der Waals surface area contributed by atoms with E-state index in [0.717, 1.165) is 12.7 Å². The van der Waals surface area contributed by atoms with Gasteiger partial charge in [0.05, 0.1) is 0 Å². The minimum Gasteiger partial charge on any atom is -0.303 e. The standard InChI is InChI=1S/C12H22O/c1-11(2)7-10(5-6-13)8-12(3,4)9-11/h6,10H,5,7-9H2,1-4H3. The first-order chi connectivity index (χ1) is 5.85. The topological polar surface area (TPSA) is 17.1 Å². The lowest BCUT2D eigenvalue weighted by Gasteiger charge is -2.44. The van der Waals surface area contributed by atoms with Gasteiger partial charge in [-0.1, -0.05) is 27.7 Å². The van der Waals surface area contributed by atoms with Crippen molar-refractivity contribution in [3.8, 4) is 0 Å². The summed E-state index contributed by atoms with van der Waals surface area (Å²) in [7, 11) is 0. The number of carbonyl (C=O) groups is 1. The Labute approximate surface area is 81.9 Å². The number of carbonyl (C=O) groups excluding carboxylic acids is 1. The Kier molecular flexibility index (Phi) is 2.84. The Bertz CT molecular complexity index is 175. The first-order valence-corrected chi connectivity index (χ1v) is 5.28. The summed E-state index contributed by atoms with van der Waals surface area (Å²) in [6.45, 7) is 9.30. The smallest absolute Gasteiger partial charge is 0.120 e. The summed E-state index contributed by atoms with van der Waals surface area (Å²) in [6.07, 6.45) is 5.56. The second kappa shape index (κ2) is 3.43. The monoisotopic (exact) mass is 182 g/mol. The fourth-order valence-electron chi connectivity index (χ4n) is 3.38. The molecule has 0 unspecified atom stereocenters. The van der Waals surface area contributed by atoms with Gasteiger partial charge in [-0.25, -0.2) is 0 Å². The molecule has 1 fully saturated rings. The van der Waals surface area contributed by atoms with E-state index in [9.17, 15) is 4.79 Å². The molecule has 1 aliphatic rings. The Balaban J connectivity index is 2.66. The van der Waals surface area contributed by atoms with Crippen molar-refractivity contribution in [1.82, 2.24) is 0 Å². The molecule has 0 aliphatic heterocycles. The van der Waals surface area contributed by atoms with Crippen LogP contribution in [0.1, 0.15) is 53.4 Å². The lowest BCUT2D eigenvalue weighted by molar-refractivity contribution is -0.109. The average molecular weight is 182 g/mol. The molecule has 0 amide bonds. The predicted octanol–water partition coefficient (Wildman–Crippen LogP) is 3.43. The van der Waals surface area contributed by atoms with Gasteiger partial charge in [-0.05, 0) is 36.0 Å². The third-order valence-corrected chi connectivity index (χ3v) is 3.07. The molecule has 1 heteroatoms. The van der Waals surface area contributed by atoms with E-state index in [2.05, 4.69) is 27.7 Å². The van der Waals surface area contributed by atoms with E-state index in [1.54, 1.807) is 0 Å². The van der Waals surface area contributed by atoms with Crippen molar-refractivity contribution in [2.45, 2.75) is 53.4 Å². The summed E-state index contributed by atoms with van der Waals surface area (Å²) >= 11 is 0. The number of hydrogen-bond acceptors (Lipinski definition) is 1. The van der Waals surface area contributed by atoms with E-state index in [1.807, 2.05) is 0 Å². The first-order valence-electron chi connectivity index (χ1n) is 5.28. The molecule has 1 aliphatic carbocycles. The first kappa shape index (κ1) is 10.7. The van der Waals surface area contributed by atoms with E-state index in [4.69, 9.17) is 0 Å². The zero-order chi connectivity index (χ0) is 10.1. The Morgan fingerprint density at radius 3 is 2.00 bits per heavy atom. The molecule has 0 atom stereocenters. The summed E-state index contributed by atoms with van der Waals surface area (Å²) in [5.74, 6) is 0.622. The SMILES string of the molecule is CC1(C)CC(CC=O)CC(C)(C)C1. The van der Waals surface area contributed by atoms with Crippen molar-refractivity contribution >= 4 is 6.29 Å². The molecule has 0 aromatic rings. The number of hydrogen-bond donors (Lipinski definition) is 0. The Hall–Kier alpha value is -0.330. The van der Waals surface area contributed by atoms with Gasteiger partial charge in [0.2, 0.25) is 0 Å². The van der Waals surface area contributed by atoms with Crippen molar-refractivity contribution in [1.29, 1.82) is 0 Å². The average Bonchev–Trinajstić information content (AvgIpc) is 1.78.